The minimum absolute atomic E-state index is 0. The fourth-order valence-corrected chi connectivity index (χ4v) is 1.96. The monoisotopic (exact) mass is 444 g/mol. The van der Waals surface area contributed by atoms with E-state index in [0.717, 1.165) is 9.13 Å². The molecule has 1 rings (SSSR count). The Hall–Kier alpha value is -0.110. The number of carbonyl (C=O) groups excluding carboxylic acids is 1. The van der Waals surface area contributed by atoms with Gasteiger partial charge in [-0.2, -0.15) is 0 Å². The molecule has 0 aromatic heterocycles. The summed E-state index contributed by atoms with van der Waals surface area (Å²) in [5.41, 5.74) is 1.44. The van der Waals surface area contributed by atoms with Gasteiger partial charge in [-0.25, -0.2) is 4.79 Å². The molecule has 0 radical (unpaired) electrons. The maximum absolute atomic E-state index is 11.3. The Bertz CT molecular complexity index is 388. The molecule has 0 aliphatic heterocycles. The van der Waals surface area contributed by atoms with Crippen LogP contribution in [0.5, 0.6) is 0 Å². The molecule has 1 aromatic rings. The zero-order valence-electron chi connectivity index (χ0n) is 9.20. The van der Waals surface area contributed by atoms with Gasteiger partial charge in [-0.3, -0.25) is 0 Å². The first kappa shape index (κ1) is 15.9. The Morgan fingerprint density at radius 2 is 2.00 bits per heavy atom. The molecule has 0 fully saturated rings. The van der Waals surface area contributed by atoms with Crippen LogP contribution in [0.1, 0.15) is 25.5 Å². The van der Waals surface area contributed by atoms with Crippen molar-refractivity contribution < 1.29 is 9.53 Å². The maximum Gasteiger partial charge on any atom is 0.333 e. The molecule has 0 saturated carbocycles. The summed E-state index contributed by atoms with van der Waals surface area (Å²) in [4.78, 5) is 11.3. The van der Waals surface area contributed by atoms with Gasteiger partial charge in [-0.15, -0.1) is 24.0 Å². The Balaban J connectivity index is 0.00000225. The first-order valence-electron chi connectivity index (χ1n) is 4.63. The van der Waals surface area contributed by atoms with Crippen LogP contribution in [0.4, 0.5) is 0 Å². The van der Waals surface area contributed by atoms with E-state index in [0.29, 0.717) is 5.57 Å². The normalized spacial score (nSPS) is 11.2. The van der Waals surface area contributed by atoms with Crippen LogP contribution < -0.4 is 0 Å². The summed E-state index contributed by atoms with van der Waals surface area (Å²) in [7, 11) is 0. The quantitative estimate of drug-likeness (QED) is 0.399. The fraction of sp³-hybridized carbons (Fsp3) is 0.250. The van der Waals surface area contributed by atoms with E-state index in [1.54, 1.807) is 6.92 Å². The van der Waals surface area contributed by atoms with Crippen LogP contribution in [-0.4, -0.2) is 5.97 Å². The van der Waals surface area contributed by atoms with Crippen LogP contribution in [0.15, 0.2) is 36.4 Å². The van der Waals surface area contributed by atoms with Gasteiger partial charge in [0.15, 0.2) is 0 Å². The molecule has 1 unspecified atom stereocenters. The highest BCUT2D eigenvalue weighted by atomic mass is 127. The molecule has 0 heterocycles. The largest absolute Gasteiger partial charge is 0.454 e. The third-order valence-corrected chi connectivity index (χ3v) is 2.96. The topological polar surface area (TPSA) is 26.3 Å². The smallest absolute Gasteiger partial charge is 0.333 e. The van der Waals surface area contributed by atoms with E-state index in [1.165, 1.54) is 0 Å². The van der Waals surface area contributed by atoms with Crippen LogP contribution in [0.25, 0.3) is 0 Å². The van der Waals surface area contributed by atoms with Gasteiger partial charge in [-0.1, -0.05) is 24.8 Å². The Labute approximate surface area is 127 Å². The van der Waals surface area contributed by atoms with Crippen LogP contribution in [0.2, 0.25) is 0 Å². The molecule has 0 aliphatic rings. The van der Waals surface area contributed by atoms with Gasteiger partial charge < -0.3 is 4.74 Å². The van der Waals surface area contributed by atoms with Crippen molar-refractivity contribution in [3.63, 3.8) is 0 Å². The highest BCUT2D eigenvalue weighted by Gasteiger charge is 2.13. The summed E-state index contributed by atoms with van der Waals surface area (Å²) in [6, 6.07) is 7.83. The van der Waals surface area contributed by atoms with E-state index in [2.05, 4.69) is 29.2 Å². The highest BCUT2D eigenvalue weighted by molar-refractivity contribution is 14.1. The second-order valence-electron chi connectivity index (χ2n) is 3.35. The first-order chi connectivity index (χ1) is 7.02. The molecule has 0 aliphatic carbocycles. The predicted molar refractivity (Wildman–Crippen MR) is 83.9 cm³/mol. The van der Waals surface area contributed by atoms with E-state index in [1.807, 2.05) is 31.2 Å². The van der Waals surface area contributed by atoms with Crippen molar-refractivity contribution in [1.29, 1.82) is 0 Å². The number of halogens is 2. The Morgan fingerprint density at radius 3 is 2.50 bits per heavy atom. The molecular weight excluding hydrogens is 430 g/mol. The van der Waals surface area contributed by atoms with Crippen molar-refractivity contribution >= 4 is 52.5 Å². The van der Waals surface area contributed by atoms with Gasteiger partial charge in [0.1, 0.15) is 6.10 Å². The molecule has 88 valence electrons. The minimum atomic E-state index is -0.345. The molecule has 2 nitrogen and oxygen atoms in total. The molecule has 0 spiro atoms. The van der Waals surface area contributed by atoms with Gasteiger partial charge in [-0.05, 0) is 42.5 Å². The molecule has 0 saturated heterocycles. The number of hydrogen-bond acceptors (Lipinski definition) is 2. The average molecular weight is 444 g/mol. The summed E-state index contributed by atoms with van der Waals surface area (Å²) in [6.45, 7) is 7.05. The van der Waals surface area contributed by atoms with Crippen molar-refractivity contribution in [2.45, 2.75) is 20.0 Å². The lowest BCUT2D eigenvalue weighted by atomic mass is 10.1. The number of esters is 1. The van der Waals surface area contributed by atoms with Gasteiger partial charge in [0.05, 0.1) is 0 Å². The van der Waals surface area contributed by atoms with Crippen molar-refractivity contribution in [2.24, 2.45) is 0 Å². The van der Waals surface area contributed by atoms with Crippen molar-refractivity contribution in [3.05, 3.63) is 45.6 Å². The number of carbonyl (C=O) groups is 1. The number of rotatable bonds is 3. The summed E-state index contributed by atoms with van der Waals surface area (Å²) >= 11 is 2.23. The molecule has 4 heteroatoms. The third kappa shape index (κ3) is 4.40. The molecule has 1 aromatic carbocycles. The van der Waals surface area contributed by atoms with E-state index in [4.69, 9.17) is 4.74 Å². The lowest BCUT2D eigenvalue weighted by Crippen LogP contribution is -2.10. The third-order valence-electron chi connectivity index (χ3n) is 1.98. The first-order valence-corrected chi connectivity index (χ1v) is 5.71. The molecule has 0 amide bonds. The fourth-order valence-electron chi connectivity index (χ4n) is 1.13. The zero-order chi connectivity index (χ0) is 11.4. The average Bonchev–Trinajstić information content (AvgIpc) is 2.18. The van der Waals surface area contributed by atoms with Gasteiger partial charge in [0.2, 0.25) is 0 Å². The van der Waals surface area contributed by atoms with E-state index in [9.17, 15) is 4.79 Å². The summed E-state index contributed by atoms with van der Waals surface area (Å²) in [5, 5.41) is 0. The van der Waals surface area contributed by atoms with Gasteiger partial charge in [0.25, 0.3) is 0 Å². The molecule has 1 atom stereocenters. The number of benzene rings is 1. The van der Waals surface area contributed by atoms with Crippen LogP contribution in [0.3, 0.4) is 0 Å². The van der Waals surface area contributed by atoms with Crippen molar-refractivity contribution in [3.8, 4) is 0 Å². The van der Waals surface area contributed by atoms with E-state index in [-0.39, 0.29) is 36.0 Å². The highest BCUT2D eigenvalue weighted by Crippen LogP contribution is 2.23. The standard InChI is InChI=1S/C12H13IO2.HI/c1-8(2)12(14)15-9(3)10-6-4-5-7-11(10)13;/h4-7,9H,1H2,2-3H3;1H. The minimum Gasteiger partial charge on any atom is -0.454 e. The summed E-state index contributed by atoms with van der Waals surface area (Å²) in [5.74, 6) is -0.345. The summed E-state index contributed by atoms with van der Waals surface area (Å²) in [6.07, 6.45) is -0.234. The zero-order valence-corrected chi connectivity index (χ0v) is 13.7. The molecule has 16 heavy (non-hydrogen) atoms. The number of ether oxygens (including phenoxy) is 1. The Morgan fingerprint density at radius 1 is 1.44 bits per heavy atom. The van der Waals surface area contributed by atoms with Gasteiger partial charge >= 0.3 is 5.97 Å². The van der Waals surface area contributed by atoms with E-state index >= 15 is 0 Å². The van der Waals surface area contributed by atoms with Crippen molar-refractivity contribution in [1.82, 2.24) is 0 Å². The molecule has 0 bridgehead atoms. The van der Waals surface area contributed by atoms with Crippen LogP contribution >= 0.6 is 46.6 Å². The maximum atomic E-state index is 11.3. The van der Waals surface area contributed by atoms with E-state index < -0.39 is 0 Å². The van der Waals surface area contributed by atoms with Crippen molar-refractivity contribution in [2.75, 3.05) is 0 Å². The lowest BCUT2D eigenvalue weighted by Gasteiger charge is -2.14. The molecule has 0 N–H and O–H groups in total. The van der Waals surface area contributed by atoms with Crippen LogP contribution in [0, 0.1) is 3.57 Å². The summed E-state index contributed by atoms with van der Waals surface area (Å²) < 4.78 is 6.33. The molecular formula is C12H14I2O2. The second kappa shape index (κ2) is 7.26. The number of hydrogen-bond donors (Lipinski definition) is 0. The van der Waals surface area contributed by atoms with Gasteiger partial charge in [0, 0.05) is 14.7 Å². The van der Waals surface area contributed by atoms with Crippen LogP contribution in [-0.2, 0) is 9.53 Å². The lowest BCUT2D eigenvalue weighted by molar-refractivity contribution is -0.143. The SMILES string of the molecule is C=C(C)C(=O)OC(C)c1ccccc1I.I. The second-order valence-corrected chi connectivity index (χ2v) is 4.51. The Kier molecular flexibility index (Phi) is 7.21. The predicted octanol–water partition coefficient (Wildman–Crippen LogP) is 4.09.